The van der Waals surface area contributed by atoms with Gasteiger partial charge in [-0.25, -0.2) is 19.6 Å². The number of ether oxygens (including phenoxy) is 3. The molecule has 10 nitrogen and oxygen atoms in total. The molecule has 2 heterocycles. The smallest absolute Gasteiger partial charge is 0.356 e. The predicted molar refractivity (Wildman–Crippen MR) is 99.9 cm³/mol. The number of methoxy groups -OCH3 is 2. The molecule has 0 bridgehead atoms. The molecule has 1 aliphatic rings. The van der Waals surface area contributed by atoms with E-state index < -0.39 is 30.0 Å². The highest BCUT2D eigenvalue weighted by molar-refractivity contribution is 6.28. The van der Waals surface area contributed by atoms with Gasteiger partial charge in [0.2, 0.25) is 11.7 Å². The molecular weight excluding hydrogens is 392 g/mol. The molecule has 1 aromatic heterocycles. The van der Waals surface area contributed by atoms with Crippen molar-refractivity contribution in [3.8, 4) is 0 Å². The molecular formula is C17H25ClN4O6. The van der Waals surface area contributed by atoms with Crippen LogP contribution in [0.4, 0.5) is 5.82 Å². The van der Waals surface area contributed by atoms with Crippen molar-refractivity contribution in [2.24, 2.45) is 0 Å². The first kappa shape index (κ1) is 22.3. The van der Waals surface area contributed by atoms with Crippen LogP contribution >= 0.6 is 11.6 Å². The summed E-state index contributed by atoms with van der Waals surface area (Å²) in [7, 11) is 2.50. The van der Waals surface area contributed by atoms with Crippen LogP contribution in [0.5, 0.6) is 0 Å². The summed E-state index contributed by atoms with van der Waals surface area (Å²) in [5.74, 6) is -0.920. The van der Waals surface area contributed by atoms with Crippen molar-refractivity contribution in [1.82, 2.24) is 14.9 Å². The number of piperazine rings is 1. The fourth-order valence-corrected chi connectivity index (χ4v) is 2.95. The Bertz CT molecular complexity index is 726. The summed E-state index contributed by atoms with van der Waals surface area (Å²) >= 11 is 5.94. The number of aliphatic hydroxyl groups is 1. The fraction of sp³-hybridized carbons (Fsp3) is 0.647. The van der Waals surface area contributed by atoms with Gasteiger partial charge in [-0.15, -0.1) is 0 Å². The molecule has 11 heteroatoms. The molecule has 0 saturated carbocycles. The first-order valence-electron chi connectivity index (χ1n) is 8.63. The molecule has 1 aliphatic heterocycles. The quantitative estimate of drug-likeness (QED) is 0.417. The maximum Gasteiger partial charge on any atom is 0.356 e. The van der Waals surface area contributed by atoms with Gasteiger partial charge in [0.15, 0.2) is 5.69 Å². The van der Waals surface area contributed by atoms with Gasteiger partial charge in [0.05, 0.1) is 19.8 Å². The highest BCUT2D eigenvalue weighted by atomic mass is 35.5. The summed E-state index contributed by atoms with van der Waals surface area (Å²) in [6, 6.07) is 0.596. The lowest BCUT2D eigenvalue weighted by Gasteiger charge is -2.42. The van der Waals surface area contributed by atoms with Crippen LogP contribution in [0.15, 0.2) is 6.07 Å². The molecule has 28 heavy (non-hydrogen) atoms. The van der Waals surface area contributed by atoms with Gasteiger partial charge in [0, 0.05) is 25.7 Å². The summed E-state index contributed by atoms with van der Waals surface area (Å²) in [4.78, 5) is 35.4. The van der Waals surface area contributed by atoms with Crippen LogP contribution in [0.1, 0.15) is 31.3 Å². The number of halogens is 1. The van der Waals surface area contributed by atoms with E-state index in [1.807, 2.05) is 20.8 Å². The Morgan fingerprint density at radius 2 is 1.93 bits per heavy atom. The Hall–Kier alpha value is -2.01. The Labute approximate surface area is 168 Å². The number of esters is 2. The highest BCUT2D eigenvalue weighted by Crippen LogP contribution is 2.24. The zero-order valence-electron chi connectivity index (χ0n) is 16.5. The SMILES string of the molecule is COC(=O)c1cc(N2CCN(C(O)OC(C)(C)C)CC2C(=O)OC)nc(Cl)n1. The van der Waals surface area contributed by atoms with E-state index in [1.165, 1.54) is 20.3 Å². The zero-order valence-corrected chi connectivity index (χ0v) is 17.3. The van der Waals surface area contributed by atoms with Gasteiger partial charge >= 0.3 is 11.9 Å². The normalized spacial score (nSPS) is 19.2. The molecule has 2 unspecified atom stereocenters. The predicted octanol–water partition coefficient (Wildman–Crippen LogP) is 0.671. The van der Waals surface area contributed by atoms with Gasteiger partial charge in [0.25, 0.3) is 0 Å². The molecule has 0 amide bonds. The van der Waals surface area contributed by atoms with Crippen molar-refractivity contribution >= 4 is 29.4 Å². The molecule has 0 aliphatic carbocycles. The molecule has 0 radical (unpaired) electrons. The number of hydrogen-bond donors (Lipinski definition) is 1. The maximum absolute atomic E-state index is 12.4. The van der Waals surface area contributed by atoms with Crippen LogP contribution in [0.25, 0.3) is 0 Å². The summed E-state index contributed by atoms with van der Waals surface area (Å²) in [6.45, 7) is 6.27. The molecule has 156 valence electrons. The van der Waals surface area contributed by atoms with Crippen LogP contribution in [-0.2, 0) is 19.0 Å². The van der Waals surface area contributed by atoms with E-state index in [9.17, 15) is 14.7 Å². The summed E-state index contributed by atoms with van der Waals surface area (Å²) in [5, 5.41) is 10.2. The van der Waals surface area contributed by atoms with Crippen LogP contribution in [0.2, 0.25) is 5.28 Å². The number of carbonyl (C=O) groups excluding carboxylic acids is 2. The molecule has 0 spiro atoms. The third-order valence-corrected chi connectivity index (χ3v) is 4.20. The first-order valence-corrected chi connectivity index (χ1v) is 9.01. The Morgan fingerprint density at radius 3 is 2.50 bits per heavy atom. The maximum atomic E-state index is 12.4. The molecule has 1 N–H and O–H groups in total. The van der Waals surface area contributed by atoms with Crippen LogP contribution < -0.4 is 4.90 Å². The van der Waals surface area contributed by atoms with Gasteiger partial charge in [-0.1, -0.05) is 0 Å². The monoisotopic (exact) mass is 416 g/mol. The number of nitrogens with zero attached hydrogens (tertiary/aromatic N) is 4. The molecule has 2 atom stereocenters. The van der Waals surface area contributed by atoms with E-state index in [0.717, 1.165) is 0 Å². The summed E-state index contributed by atoms with van der Waals surface area (Å²) in [6.07, 6.45) is -1.19. The lowest BCUT2D eigenvalue weighted by atomic mass is 10.1. The standard InChI is InChI=1S/C17H25ClN4O6/c1-17(2,3)28-16(25)21-6-7-22(11(9-21)14(24)27-5)12-8-10(13(23)26-4)19-15(18)20-12/h8,11,16,25H,6-7,9H2,1-5H3. The Balaban J connectivity index is 2.29. The summed E-state index contributed by atoms with van der Waals surface area (Å²) < 4.78 is 15.1. The van der Waals surface area contributed by atoms with Crippen molar-refractivity contribution < 1.29 is 28.9 Å². The molecule has 0 aromatic carbocycles. The van der Waals surface area contributed by atoms with E-state index in [4.69, 9.17) is 21.1 Å². The number of aliphatic hydroxyl groups excluding tert-OH is 1. The minimum Gasteiger partial charge on any atom is -0.467 e. The number of carbonyl (C=O) groups is 2. The minimum atomic E-state index is -1.19. The molecule has 2 rings (SSSR count). The van der Waals surface area contributed by atoms with Gasteiger partial charge < -0.3 is 24.2 Å². The first-order chi connectivity index (χ1) is 13.1. The fourth-order valence-electron chi connectivity index (χ4n) is 2.77. The van der Waals surface area contributed by atoms with Crippen molar-refractivity contribution in [2.45, 2.75) is 38.8 Å². The van der Waals surface area contributed by atoms with Crippen LogP contribution in [-0.4, -0.2) is 83.8 Å². The van der Waals surface area contributed by atoms with E-state index in [0.29, 0.717) is 13.1 Å². The lowest BCUT2D eigenvalue weighted by Crippen LogP contribution is -2.60. The van der Waals surface area contributed by atoms with Gasteiger partial charge in [0.1, 0.15) is 11.9 Å². The van der Waals surface area contributed by atoms with Crippen molar-refractivity contribution in [3.63, 3.8) is 0 Å². The van der Waals surface area contributed by atoms with E-state index >= 15 is 0 Å². The largest absolute Gasteiger partial charge is 0.467 e. The van der Waals surface area contributed by atoms with Crippen LogP contribution in [0, 0.1) is 0 Å². The topological polar surface area (TPSA) is 114 Å². The second-order valence-electron chi connectivity index (χ2n) is 7.16. The van der Waals surface area contributed by atoms with Crippen molar-refractivity contribution in [3.05, 3.63) is 17.0 Å². The second-order valence-corrected chi connectivity index (χ2v) is 7.49. The minimum absolute atomic E-state index is 0.0281. The second kappa shape index (κ2) is 8.99. The Morgan fingerprint density at radius 1 is 1.25 bits per heavy atom. The lowest BCUT2D eigenvalue weighted by molar-refractivity contribution is -0.241. The molecule has 1 fully saturated rings. The average molecular weight is 417 g/mol. The number of aromatic nitrogens is 2. The Kier molecular flexibility index (Phi) is 7.16. The summed E-state index contributed by atoms with van der Waals surface area (Å²) in [5.41, 5.74) is -0.591. The van der Waals surface area contributed by atoms with Crippen molar-refractivity contribution in [2.75, 3.05) is 38.8 Å². The van der Waals surface area contributed by atoms with E-state index in [1.54, 1.807) is 9.80 Å². The van der Waals surface area contributed by atoms with Gasteiger partial charge in [-0.3, -0.25) is 4.90 Å². The number of rotatable bonds is 5. The van der Waals surface area contributed by atoms with Gasteiger partial charge in [-0.05, 0) is 32.4 Å². The molecule has 1 aromatic rings. The van der Waals surface area contributed by atoms with Crippen LogP contribution in [0.3, 0.4) is 0 Å². The third kappa shape index (κ3) is 5.51. The van der Waals surface area contributed by atoms with Crippen molar-refractivity contribution in [1.29, 1.82) is 0 Å². The third-order valence-electron chi connectivity index (χ3n) is 4.03. The van der Waals surface area contributed by atoms with Gasteiger partial charge in [-0.2, -0.15) is 0 Å². The zero-order chi connectivity index (χ0) is 21.1. The van der Waals surface area contributed by atoms with E-state index in [2.05, 4.69) is 14.7 Å². The van der Waals surface area contributed by atoms with E-state index in [-0.39, 0.29) is 23.3 Å². The average Bonchev–Trinajstić information content (AvgIpc) is 2.64. The highest BCUT2D eigenvalue weighted by Gasteiger charge is 2.38. The number of anilines is 1. The number of hydrogen-bond acceptors (Lipinski definition) is 10. The molecule has 1 saturated heterocycles.